The first-order valence-corrected chi connectivity index (χ1v) is 8.53. The van der Waals surface area contributed by atoms with E-state index in [0.717, 1.165) is 16.3 Å². The zero-order valence-corrected chi connectivity index (χ0v) is 15.1. The lowest BCUT2D eigenvalue weighted by atomic mass is 10.2. The Morgan fingerprint density at radius 1 is 1.38 bits per heavy atom. The Labute approximate surface area is 145 Å². The maximum absolute atomic E-state index is 12.1. The molecule has 0 aliphatic carbocycles. The lowest BCUT2D eigenvalue weighted by molar-refractivity contribution is -0.128. The standard InChI is InChI=1S/C17H22N4O2S/c1-11(16-10-24-12(2)19-16)18-17(23)20-15-7-5-6-14(8-15)9-21(4)13(3)22/h5-8,10-11H,9H2,1-4H3,(H2,18,20,23). The van der Waals surface area contributed by atoms with Gasteiger partial charge in [-0.1, -0.05) is 12.1 Å². The maximum atomic E-state index is 12.1. The molecule has 24 heavy (non-hydrogen) atoms. The molecule has 0 aliphatic rings. The molecule has 2 aromatic rings. The lowest BCUT2D eigenvalue weighted by Gasteiger charge is -2.16. The van der Waals surface area contributed by atoms with Crippen molar-refractivity contribution in [1.82, 2.24) is 15.2 Å². The fraction of sp³-hybridized carbons (Fsp3) is 0.353. The quantitative estimate of drug-likeness (QED) is 0.872. The van der Waals surface area contributed by atoms with E-state index in [1.54, 1.807) is 23.3 Å². The molecule has 0 bridgehead atoms. The SMILES string of the molecule is CC(=O)N(C)Cc1cccc(NC(=O)NC(C)c2csc(C)n2)c1. The molecule has 128 valence electrons. The van der Waals surface area contributed by atoms with Crippen LogP contribution in [0.3, 0.4) is 0 Å². The molecule has 1 unspecified atom stereocenters. The van der Waals surface area contributed by atoms with Crippen molar-refractivity contribution in [1.29, 1.82) is 0 Å². The molecule has 1 heterocycles. The van der Waals surface area contributed by atoms with Crippen LogP contribution in [-0.2, 0) is 11.3 Å². The summed E-state index contributed by atoms with van der Waals surface area (Å²) in [4.78, 5) is 29.4. The van der Waals surface area contributed by atoms with Crippen molar-refractivity contribution in [2.75, 3.05) is 12.4 Å². The topological polar surface area (TPSA) is 74.3 Å². The molecule has 0 aliphatic heterocycles. The van der Waals surface area contributed by atoms with Gasteiger partial charge in [0.25, 0.3) is 0 Å². The average Bonchev–Trinajstić information content (AvgIpc) is 2.94. The fourth-order valence-corrected chi connectivity index (χ4v) is 2.86. The highest BCUT2D eigenvalue weighted by Crippen LogP contribution is 2.16. The molecule has 7 heteroatoms. The van der Waals surface area contributed by atoms with Crippen molar-refractivity contribution in [3.63, 3.8) is 0 Å². The summed E-state index contributed by atoms with van der Waals surface area (Å²) in [6.45, 7) is 5.86. The average molecular weight is 346 g/mol. The predicted molar refractivity (Wildman–Crippen MR) is 96.0 cm³/mol. The summed E-state index contributed by atoms with van der Waals surface area (Å²) < 4.78 is 0. The van der Waals surface area contributed by atoms with Crippen LogP contribution in [0, 0.1) is 6.92 Å². The molecule has 0 fully saturated rings. The molecule has 1 aromatic heterocycles. The van der Waals surface area contributed by atoms with Crippen molar-refractivity contribution < 1.29 is 9.59 Å². The number of aromatic nitrogens is 1. The van der Waals surface area contributed by atoms with Gasteiger partial charge >= 0.3 is 6.03 Å². The number of thiazole rings is 1. The van der Waals surface area contributed by atoms with Crippen molar-refractivity contribution in [2.24, 2.45) is 0 Å². The summed E-state index contributed by atoms with van der Waals surface area (Å²) >= 11 is 1.56. The third-order valence-electron chi connectivity index (χ3n) is 3.57. The van der Waals surface area contributed by atoms with Crippen molar-refractivity contribution >= 4 is 29.0 Å². The minimum Gasteiger partial charge on any atom is -0.342 e. The number of carbonyl (C=O) groups is 2. The van der Waals surface area contributed by atoms with Gasteiger partial charge in [0.05, 0.1) is 16.7 Å². The number of aryl methyl sites for hydroxylation is 1. The van der Waals surface area contributed by atoms with Gasteiger partial charge in [-0.25, -0.2) is 9.78 Å². The van der Waals surface area contributed by atoms with Crippen LogP contribution in [0.5, 0.6) is 0 Å². The van der Waals surface area contributed by atoms with Gasteiger partial charge in [0, 0.05) is 31.6 Å². The van der Waals surface area contributed by atoms with Gasteiger partial charge in [-0.2, -0.15) is 0 Å². The molecule has 1 aromatic carbocycles. The Hall–Kier alpha value is -2.41. The number of benzene rings is 1. The van der Waals surface area contributed by atoms with E-state index in [2.05, 4.69) is 15.6 Å². The van der Waals surface area contributed by atoms with Crippen molar-refractivity contribution in [2.45, 2.75) is 33.4 Å². The first kappa shape index (κ1) is 17.9. The first-order chi connectivity index (χ1) is 11.3. The Balaban J connectivity index is 1.95. The maximum Gasteiger partial charge on any atom is 0.319 e. The van der Waals surface area contributed by atoms with Crippen LogP contribution >= 0.6 is 11.3 Å². The zero-order chi connectivity index (χ0) is 17.7. The second kappa shape index (κ2) is 7.92. The van der Waals surface area contributed by atoms with Gasteiger partial charge in [0.2, 0.25) is 5.91 Å². The molecule has 1 atom stereocenters. The van der Waals surface area contributed by atoms with Gasteiger partial charge in [0.1, 0.15) is 0 Å². The summed E-state index contributed by atoms with van der Waals surface area (Å²) in [7, 11) is 1.74. The minimum absolute atomic E-state index is 0.00140. The van der Waals surface area contributed by atoms with Crippen molar-refractivity contribution in [3.8, 4) is 0 Å². The molecule has 6 nitrogen and oxygen atoms in total. The number of rotatable bonds is 5. The Morgan fingerprint density at radius 3 is 2.75 bits per heavy atom. The molecular formula is C17H22N4O2S. The Morgan fingerprint density at radius 2 is 2.12 bits per heavy atom. The number of nitrogens with zero attached hydrogens (tertiary/aromatic N) is 2. The number of amides is 3. The smallest absolute Gasteiger partial charge is 0.319 e. The molecule has 3 amide bonds. The van der Waals surface area contributed by atoms with Crippen LogP contribution in [0.2, 0.25) is 0 Å². The highest BCUT2D eigenvalue weighted by atomic mass is 32.1. The number of hydrogen-bond donors (Lipinski definition) is 2. The van der Waals surface area contributed by atoms with E-state index in [4.69, 9.17) is 0 Å². The minimum atomic E-state index is -0.287. The summed E-state index contributed by atoms with van der Waals surface area (Å²) in [5, 5.41) is 8.60. The molecule has 0 saturated carbocycles. The summed E-state index contributed by atoms with van der Waals surface area (Å²) in [6.07, 6.45) is 0. The van der Waals surface area contributed by atoms with Gasteiger partial charge in [-0.05, 0) is 31.5 Å². The molecule has 0 saturated heterocycles. The highest BCUT2D eigenvalue weighted by Gasteiger charge is 2.12. The zero-order valence-electron chi connectivity index (χ0n) is 14.3. The van der Waals surface area contributed by atoms with Crippen molar-refractivity contribution in [3.05, 3.63) is 45.9 Å². The Bertz CT molecular complexity index is 729. The first-order valence-electron chi connectivity index (χ1n) is 7.65. The van der Waals surface area contributed by atoms with Crippen LogP contribution in [0.25, 0.3) is 0 Å². The van der Waals surface area contributed by atoms with Crippen LogP contribution in [0.1, 0.15) is 36.2 Å². The van der Waals surface area contributed by atoms with Crippen LogP contribution in [0.15, 0.2) is 29.6 Å². The Kier molecular flexibility index (Phi) is 5.92. The van der Waals surface area contributed by atoms with Gasteiger partial charge in [0.15, 0.2) is 0 Å². The normalized spacial score (nSPS) is 11.7. The second-order valence-electron chi connectivity index (χ2n) is 5.69. The summed E-state index contributed by atoms with van der Waals surface area (Å²) in [5.74, 6) is -0.00140. The third kappa shape index (κ3) is 5.06. The van der Waals surface area contributed by atoms with E-state index in [9.17, 15) is 9.59 Å². The molecule has 0 spiro atoms. The van der Waals surface area contributed by atoms with Crippen LogP contribution in [0.4, 0.5) is 10.5 Å². The van der Waals surface area contributed by atoms with Gasteiger partial charge in [-0.3, -0.25) is 4.79 Å². The number of nitrogens with one attached hydrogen (secondary N) is 2. The van der Waals surface area contributed by atoms with E-state index in [0.29, 0.717) is 12.2 Å². The van der Waals surface area contributed by atoms with E-state index >= 15 is 0 Å². The van der Waals surface area contributed by atoms with E-state index in [1.165, 1.54) is 6.92 Å². The largest absolute Gasteiger partial charge is 0.342 e. The third-order valence-corrected chi connectivity index (χ3v) is 4.36. The number of urea groups is 1. The lowest BCUT2D eigenvalue weighted by Crippen LogP contribution is -2.31. The monoisotopic (exact) mass is 346 g/mol. The van der Waals surface area contributed by atoms with E-state index in [-0.39, 0.29) is 18.0 Å². The molecule has 2 N–H and O–H groups in total. The van der Waals surface area contributed by atoms with E-state index < -0.39 is 0 Å². The molecular weight excluding hydrogens is 324 g/mol. The summed E-state index contributed by atoms with van der Waals surface area (Å²) in [6, 6.07) is 6.99. The van der Waals surface area contributed by atoms with Crippen LogP contribution in [-0.4, -0.2) is 28.9 Å². The predicted octanol–water partition coefficient (Wildman–Crippen LogP) is 3.31. The number of anilines is 1. The number of carbonyl (C=O) groups excluding carboxylic acids is 2. The number of hydrogen-bond acceptors (Lipinski definition) is 4. The fourth-order valence-electron chi connectivity index (χ4n) is 2.15. The second-order valence-corrected chi connectivity index (χ2v) is 6.75. The molecule has 0 radical (unpaired) electrons. The van der Waals surface area contributed by atoms with Gasteiger partial charge < -0.3 is 15.5 Å². The molecule has 2 rings (SSSR count). The summed E-state index contributed by atoms with van der Waals surface area (Å²) in [5.41, 5.74) is 2.49. The van der Waals surface area contributed by atoms with E-state index in [1.807, 2.05) is 43.5 Å². The van der Waals surface area contributed by atoms with Gasteiger partial charge in [-0.15, -0.1) is 11.3 Å². The van der Waals surface area contributed by atoms with Crippen LogP contribution < -0.4 is 10.6 Å². The highest BCUT2D eigenvalue weighted by molar-refractivity contribution is 7.09.